The summed E-state index contributed by atoms with van der Waals surface area (Å²) >= 11 is 2.92. The molecule has 2 aromatic heterocycles. The highest BCUT2D eigenvalue weighted by Crippen LogP contribution is 2.38. The van der Waals surface area contributed by atoms with E-state index in [0.29, 0.717) is 22.4 Å². The number of carbonyl (C=O) groups excluding carboxylic acids is 1. The Morgan fingerprint density at radius 3 is 2.72 bits per heavy atom. The summed E-state index contributed by atoms with van der Waals surface area (Å²) in [5, 5.41) is 9.08. The molecule has 0 fully saturated rings. The van der Waals surface area contributed by atoms with Crippen LogP contribution in [0.1, 0.15) is 39.5 Å². The van der Waals surface area contributed by atoms with Gasteiger partial charge in [-0.05, 0) is 35.6 Å². The van der Waals surface area contributed by atoms with Crippen molar-refractivity contribution in [3.05, 3.63) is 77.3 Å². The minimum Gasteiger partial charge on any atom is -0.415 e. The van der Waals surface area contributed by atoms with E-state index in [2.05, 4.69) is 28.2 Å². The molecule has 148 valence electrons. The van der Waals surface area contributed by atoms with E-state index in [1.807, 2.05) is 54.9 Å². The van der Waals surface area contributed by atoms with Crippen LogP contribution in [0, 0.1) is 0 Å². The molecule has 0 aliphatic carbocycles. The number of nitrogens with zero attached hydrogens (tertiary/aromatic N) is 2. The van der Waals surface area contributed by atoms with Gasteiger partial charge in [-0.2, -0.15) is 11.8 Å². The Hall–Kier alpha value is -2.51. The number of ketones is 1. The Balaban J connectivity index is 1.72. The SMILES string of the molecule is CCc1cccc2c(C(=O)[C@H](Sc3nnc(CSC)o3)c3ccccc3)c[nH]c12. The van der Waals surface area contributed by atoms with E-state index in [1.54, 1.807) is 11.8 Å². The summed E-state index contributed by atoms with van der Waals surface area (Å²) in [5.41, 5.74) is 3.81. The monoisotopic (exact) mass is 423 g/mol. The highest BCUT2D eigenvalue weighted by molar-refractivity contribution is 8.00. The summed E-state index contributed by atoms with van der Waals surface area (Å²) in [7, 11) is 0. The van der Waals surface area contributed by atoms with E-state index in [1.165, 1.54) is 17.3 Å². The summed E-state index contributed by atoms with van der Waals surface area (Å²) in [5.74, 6) is 1.24. The number of aryl methyl sites for hydroxylation is 1. The first kappa shape index (κ1) is 19.8. The normalized spacial score (nSPS) is 12.3. The van der Waals surface area contributed by atoms with Crippen molar-refractivity contribution < 1.29 is 9.21 Å². The van der Waals surface area contributed by atoms with Crippen LogP contribution in [0.15, 0.2) is 64.4 Å². The van der Waals surface area contributed by atoms with Crippen molar-refractivity contribution >= 4 is 40.2 Å². The van der Waals surface area contributed by atoms with Gasteiger partial charge in [0, 0.05) is 22.7 Å². The number of rotatable bonds is 8. The number of H-pyrrole nitrogens is 1. The van der Waals surface area contributed by atoms with E-state index < -0.39 is 5.25 Å². The lowest BCUT2D eigenvalue weighted by atomic mass is 10.0. The minimum atomic E-state index is -0.469. The van der Waals surface area contributed by atoms with Crippen molar-refractivity contribution in [2.24, 2.45) is 0 Å². The highest BCUT2D eigenvalue weighted by atomic mass is 32.2. The largest absolute Gasteiger partial charge is 0.415 e. The lowest BCUT2D eigenvalue weighted by Gasteiger charge is -2.13. The Kier molecular flexibility index (Phi) is 6.06. The number of thioether (sulfide) groups is 2. The Morgan fingerprint density at radius 2 is 1.97 bits per heavy atom. The van der Waals surface area contributed by atoms with Crippen LogP contribution in [0.3, 0.4) is 0 Å². The van der Waals surface area contributed by atoms with Crippen LogP contribution in [-0.4, -0.2) is 27.2 Å². The number of hydrogen-bond acceptors (Lipinski definition) is 6. The summed E-state index contributed by atoms with van der Waals surface area (Å²) in [6.07, 6.45) is 4.70. The van der Waals surface area contributed by atoms with Gasteiger partial charge in [-0.3, -0.25) is 4.79 Å². The zero-order valence-corrected chi connectivity index (χ0v) is 17.8. The molecule has 5 nitrogen and oxygen atoms in total. The van der Waals surface area contributed by atoms with Gasteiger partial charge in [0.2, 0.25) is 5.89 Å². The Morgan fingerprint density at radius 1 is 1.14 bits per heavy atom. The maximum absolute atomic E-state index is 13.6. The molecule has 0 aliphatic rings. The summed E-state index contributed by atoms with van der Waals surface area (Å²) in [6.45, 7) is 2.11. The van der Waals surface area contributed by atoms with Crippen LogP contribution < -0.4 is 0 Å². The van der Waals surface area contributed by atoms with Gasteiger partial charge < -0.3 is 9.40 Å². The molecule has 7 heteroatoms. The standard InChI is InChI=1S/C22H21N3O2S2/c1-3-14-10-7-11-16-17(12-23-19(14)16)20(26)21(15-8-5-4-6-9-15)29-22-25-24-18(27-22)13-28-2/h4-12,21,23H,3,13H2,1-2H3/t21-/m1/s1. The molecular weight excluding hydrogens is 402 g/mol. The van der Waals surface area contributed by atoms with E-state index in [0.717, 1.165) is 22.9 Å². The van der Waals surface area contributed by atoms with Crippen molar-refractivity contribution in [2.45, 2.75) is 29.6 Å². The average Bonchev–Trinajstić information content (AvgIpc) is 3.39. The van der Waals surface area contributed by atoms with Crippen LogP contribution in [-0.2, 0) is 12.2 Å². The minimum absolute atomic E-state index is 0.0188. The molecule has 0 radical (unpaired) electrons. The second-order valence-corrected chi connectivity index (χ2v) is 8.49. The molecule has 1 N–H and O–H groups in total. The molecule has 0 spiro atoms. The van der Waals surface area contributed by atoms with Crippen LogP contribution in [0.5, 0.6) is 0 Å². The zero-order chi connectivity index (χ0) is 20.2. The van der Waals surface area contributed by atoms with Gasteiger partial charge >= 0.3 is 0 Å². The number of Topliss-reactive ketones (excluding diaryl/α,β-unsaturated/α-hetero) is 1. The summed E-state index contributed by atoms with van der Waals surface area (Å²) < 4.78 is 5.73. The third-order valence-corrected chi connectivity index (χ3v) is 6.35. The van der Waals surface area contributed by atoms with E-state index in [4.69, 9.17) is 4.42 Å². The van der Waals surface area contributed by atoms with Gasteiger partial charge in [0.15, 0.2) is 5.78 Å². The number of benzene rings is 2. The number of hydrogen-bond donors (Lipinski definition) is 1. The maximum Gasteiger partial charge on any atom is 0.277 e. The molecule has 2 heterocycles. The fourth-order valence-corrected chi connectivity index (χ4v) is 4.65. The zero-order valence-electron chi connectivity index (χ0n) is 16.2. The fourth-order valence-electron chi connectivity index (χ4n) is 3.33. The van der Waals surface area contributed by atoms with E-state index in [9.17, 15) is 4.79 Å². The fraction of sp³-hybridized carbons (Fsp3) is 0.227. The van der Waals surface area contributed by atoms with Crippen LogP contribution >= 0.6 is 23.5 Å². The molecule has 1 atom stereocenters. The molecule has 4 aromatic rings. The molecule has 0 aliphatic heterocycles. The molecule has 2 aromatic carbocycles. The number of fused-ring (bicyclic) bond motifs is 1. The predicted octanol–water partition coefficient (Wildman–Crippen LogP) is 5.69. The number of aromatic amines is 1. The topological polar surface area (TPSA) is 71.8 Å². The first-order valence-corrected chi connectivity index (χ1v) is 11.6. The number of carbonyl (C=O) groups is 1. The predicted molar refractivity (Wildman–Crippen MR) is 119 cm³/mol. The Labute approximate surface area is 177 Å². The molecule has 0 unspecified atom stereocenters. The van der Waals surface area contributed by atoms with Crippen molar-refractivity contribution in [1.82, 2.24) is 15.2 Å². The molecule has 0 bridgehead atoms. The van der Waals surface area contributed by atoms with Crippen molar-refractivity contribution in [1.29, 1.82) is 0 Å². The maximum atomic E-state index is 13.6. The second kappa shape index (κ2) is 8.88. The molecule has 0 amide bonds. The average molecular weight is 424 g/mol. The third-order valence-electron chi connectivity index (χ3n) is 4.72. The molecule has 0 saturated heterocycles. The second-order valence-electron chi connectivity index (χ2n) is 6.56. The van der Waals surface area contributed by atoms with Gasteiger partial charge in [-0.1, -0.05) is 55.5 Å². The lowest BCUT2D eigenvalue weighted by Crippen LogP contribution is -2.09. The smallest absolute Gasteiger partial charge is 0.277 e. The highest BCUT2D eigenvalue weighted by Gasteiger charge is 2.28. The number of para-hydroxylation sites is 1. The van der Waals surface area contributed by atoms with E-state index >= 15 is 0 Å². The van der Waals surface area contributed by atoms with Gasteiger partial charge in [0.05, 0.1) is 5.75 Å². The first-order chi connectivity index (χ1) is 14.2. The van der Waals surface area contributed by atoms with Crippen molar-refractivity contribution in [2.75, 3.05) is 6.26 Å². The molecule has 29 heavy (non-hydrogen) atoms. The van der Waals surface area contributed by atoms with Gasteiger partial charge in [0.25, 0.3) is 5.22 Å². The molecular formula is C22H21N3O2S2. The third kappa shape index (κ3) is 4.11. The van der Waals surface area contributed by atoms with Gasteiger partial charge in [0.1, 0.15) is 5.25 Å². The number of nitrogens with one attached hydrogen (secondary N) is 1. The first-order valence-electron chi connectivity index (χ1n) is 9.37. The van der Waals surface area contributed by atoms with Gasteiger partial charge in [-0.25, -0.2) is 0 Å². The van der Waals surface area contributed by atoms with Crippen LogP contribution in [0.4, 0.5) is 0 Å². The summed E-state index contributed by atoms with van der Waals surface area (Å²) in [4.78, 5) is 16.9. The quantitative estimate of drug-likeness (QED) is 0.290. The van der Waals surface area contributed by atoms with Crippen molar-refractivity contribution in [3.8, 4) is 0 Å². The molecule has 0 saturated carbocycles. The van der Waals surface area contributed by atoms with Crippen LogP contribution in [0.2, 0.25) is 0 Å². The summed E-state index contributed by atoms with van der Waals surface area (Å²) in [6, 6.07) is 15.8. The van der Waals surface area contributed by atoms with E-state index in [-0.39, 0.29) is 5.78 Å². The Bertz CT molecular complexity index is 1120. The lowest BCUT2D eigenvalue weighted by molar-refractivity contribution is 0.0990. The van der Waals surface area contributed by atoms with Gasteiger partial charge in [-0.15, -0.1) is 10.2 Å². The number of aromatic nitrogens is 3. The van der Waals surface area contributed by atoms with Crippen LogP contribution in [0.25, 0.3) is 10.9 Å². The molecule has 4 rings (SSSR count). The van der Waals surface area contributed by atoms with Crippen molar-refractivity contribution in [3.63, 3.8) is 0 Å².